The minimum absolute atomic E-state index is 0.0919. The maximum Gasteiger partial charge on any atom is 0.339 e. The minimum Gasteiger partial charge on any atom is -0.493 e. The molecule has 1 atom stereocenters. The number of carbonyl (C=O) groups is 2. The summed E-state index contributed by atoms with van der Waals surface area (Å²) >= 11 is 0. The van der Waals surface area contributed by atoms with E-state index in [1.165, 1.54) is 25.3 Å². The van der Waals surface area contributed by atoms with E-state index in [4.69, 9.17) is 4.74 Å². The average Bonchev–Trinajstić information content (AvgIpc) is 2.88. The quantitative estimate of drug-likeness (QED) is 0.416. The van der Waals surface area contributed by atoms with Crippen molar-refractivity contribution in [3.63, 3.8) is 0 Å². The standard InChI is InChI=1S/C30H34N2O4/c1-3-36-27-19-22(15-16-25(27)30(34)35)20-28(33)31-29(23-12-6-5-11-21(23)2)24-13-7-8-14-26(24)32-17-9-4-10-18-32/h5-8,11-16,19,29H,3-4,9-10,17-18,20H2,1-2H3,(H,31,33)(H,34,35). The molecule has 6 nitrogen and oxygen atoms in total. The summed E-state index contributed by atoms with van der Waals surface area (Å²) in [6.07, 6.45) is 3.71. The molecule has 36 heavy (non-hydrogen) atoms. The lowest BCUT2D eigenvalue weighted by Crippen LogP contribution is -2.34. The molecule has 0 aromatic heterocycles. The van der Waals surface area contributed by atoms with Crippen LogP contribution in [0.25, 0.3) is 0 Å². The van der Waals surface area contributed by atoms with Gasteiger partial charge in [-0.3, -0.25) is 4.79 Å². The lowest BCUT2D eigenvalue weighted by Gasteiger charge is -2.33. The molecule has 1 amide bonds. The normalized spacial score (nSPS) is 14.2. The Balaban J connectivity index is 1.65. The molecule has 1 aliphatic heterocycles. The Hall–Kier alpha value is -3.80. The number of hydrogen-bond donors (Lipinski definition) is 2. The van der Waals surface area contributed by atoms with Gasteiger partial charge in [0.15, 0.2) is 0 Å². The first kappa shape index (κ1) is 25.3. The number of piperidine rings is 1. The van der Waals surface area contributed by atoms with Crippen LogP contribution in [0.15, 0.2) is 66.7 Å². The first-order valence-electron chi connectivity index (χ1n) is 12.7. The SMILES string of the molecule is CCOc1cc(CC(=O)NC(c2ccccc2C)c2ccccc2N2CCCCC2)ccc1C(=O)O. The smallest absolute Gasteiger partial charge is 0.339 e. The first-order chi connectivity index (χ1) is 17.5. The number of nitrogens with one attached hydrogen (secondary N) is 1. The third-order valence-electron chi connectivity index (χ3n) is 6.69. The van der Waals surface area contributed by atoms with Crippen LogP contribution in [0.3, 0.4) is 0 Å². The Bertz CT molecular complexity index is 1220. The van der Waals surface area contributed by atoms with E-state index in [0.717, 1.165) is 35.5 Å². The molecule has 3 aromatic rings. The molecule has 3 aromatic carbocycles. The summed E-state index contributed by atoms with van der Waals surface area (Å²) in [6.45, 7) is 6.25. The molecule has 0 saturated carbocycles. The fraction of sp³-hybridized carbons (Fsp3) is 0.333. The van der Waals surface area contributed by atoms with Crippen molar-refractivity contribution in [2.24, 2.45) is 0 Å². The number of carboxylic acid groups (broad SMARTS) is 1. The van der Waals surface area contributed by atoms with Gasteiger partial charge in [0.05, 0.1) is 19.1 Å². The minimum atomic E-state index is -1.05. The number of para-hydroxylation sites is 1. The summed E-state index contributed by atoms with van der Waals surface area (Å²) < 4.78 is 5.52. The number of carboxylic acids is 1. The van der Waals surface area contributed by atoms with Crippen molar-refractivity contribution < 1.29 is 19.4 Å². The molecule has 2 N–H and O–H groups in total. The fourth-order valence-corrected chi connectivity index (χ4v) is 4.91. The molecule has 1 aliphatic rings. The van der Waals surface area contributed by atoms with Gasteiger partial charge in [0.2, 0.25) is 5.91 Å². The molecule has 4 rings (SSSR count). The van der Waals surface area contributed by atoms with Crippen LogP contribution in [-0.4, -0.2) is 36.7 Å². The second-order valence-electron chi connectivity index (χ2n) is 9.21. The van der Waals surface area contributed by atoms with Gasteiger partial charge < -0.3 is 20.1 Å². The largest absolute Gasteiger partial charge is 0.493 e. The van der Waals surface area contributed by atoms with E-state index in [1.54, 1.807) is 19.1 Å². The van der Waals surface area contributed by atoms with Crippen molar-refractivity contribution in [2.75, 3.05) is 24.6 Å². The number of aromatic carboxylic acids is 1. The Morgan fingerprint density at radius 2 is 1.67 bits per heavy atom. The zero-order valence-electron chi connectivity index (χ0n) is 21.0. The molecule has 1 heterocycles. The van der Waals surface area contributed by atoms with Crippen molar-refractivity contribution in [1.29, 1.82) is 0 Å². The van der Waals surface area contributed by atoms with E-state index in [9.17, 15) is 14.7 Å². The predicted molar refractivity (Wildman–Crippen MR) is 142 cm³/mol. The van der Waals surface area contributed by atoms with Gasteiger partial charge >= 0.3 is 5.97 Å². The number of anilines is 1. The second kappa shape index (κ2) is 11.8. The topological polar surface area (TPSA) is 78.9 Å². The Morgan fingerprint density at radius 3 is 2.36 bits per heavy atom. The number of amides is 1. The van der Waals surface area contributed by atoms with Crippen LogP contribution in [0.5, 0.6) is 5.75 Å². The van der Waals surface area contributed by atoms with Crippen molar-refractivity contribution in [1.82, 2.24) is 5.32 Å². The van der Waals surface area contributed by atoms with Gasteiger partial charge in [-0.25, -0.2) is 4.79 Å². The fourth-order valence-electron chi connectivity index (χ4n) is 4.91. The zero-order chi connectivity index (χ0) is 25.5. The predicted octanol–water partition coefficient (Wildman–Crippen LogP) is 5.53. The van der Waals surface area contributed by atoms with Crippen molar-refractivity contribution in [3.05, 3.63) is 94.5 Å². The zero-order valence-corrected chi connectivity index (χ0v) is 21.0. The van der Waals surface area contributed by atoms with E-state index in [0.29, 0.717) is 12.2 Å². The molecule has 1 unspecified atom stereocenters. The van der Waals surface area contributed by atoms with E-state index in [1.807, 2.05) is 18.2 Å². The molecule has 1 saturated heterocycles. The number of rotatable bonds is 9. The summed E-state index contributed by atoms with van der Waals surface area (Å²) in [5.41, 5.74) is 5.21. The van der Waals surface area contributed by atoms with Gasteiger partial charge in [0.1, 0.15) is 11.3 Å². The highest BCUT2D eigenvalue weighted by molar-refractivity contribution is 5.91. The monoisotopic (exact) mass is 486 g/mol. The lowest BCUT2D eigenvalue weighted by atomic mass is 9.92. The molecule has 188 valence electrons. The summed E-state index contributed by atoms with van der Waals surface area (Å²) in [6, 6.07) is 21.0. The number of benzene rings is 3. The van der Waals surface area contributed by atoms with Crippen molar-refractivity contribution in [2.45, 2.75) is 45.6 Å². The number of carbonyl (C=O) groups excluding carboxylic acids is 1. The maximum atomic E-state index is 13.4. The van der Waals surface area contributed by atoms with Crippen molar-refractivity contribution >= 4 is 17.6 Å². The Morgan fingerprint density at radius 1 is 0.972 bits per heavy atom. The lowest BCUT2D eigenvalue weighted by molar-refractivity contribution is -0.120. The molecular formula is C30H34N2O4. The summed E-state index contributed by atoms with van der Waals surface area (Å²) in [4.78, 5) is 27.3. The number of ether oxygens (including phenoxy) is 1. The van der Waals surface area contributed by atoms with Gasteiger partial charge in [-0.1, -0.05) is 48.5 Å². The van der Waals surface area contributed by atoms with Gasteiger partial charge in [-0.15, -0.1) is 0 Å². The first-order valence-corrected chi connectivity index (χ1v) is 12.7. The van der Waals surface area contributed by atoms with E-state index < -0.39 is 5.97 Å². The van der Waals surface area contributed by atoms with Crippen LogP contribution >= 0.6 is 0 Å². The molecule has 1 fully saturated rings. The highest BCUT2D eigenvalue weighted by atomic mass is 16.5. The maximum absolute atomic E-state index is 13.4. The van der Waals surface area contributed by atoms with Crippen LogP contribution in [0, 0.1) is 6.92 Å². The van der Waals surface area contributed by atoms with E-state index in [2.05, 4.69) is 47.5 Å². The molecular weight excluding hydrogens is 452 g/mol. The molecule has 0 radical (unpaired) electrons. The Kier molecular flexibility index (Phi) is 8.26. The molecule has 0 spiro atoms. The molecule has 0 aliphatic carbocycles. The van der Waals surface area contributed by atoms with Crippen LogP contribution in [0.1, 0.15) is 64.8 Å². The van der Waals surface area contributed by atoms with Gasteiger partial charge in [-0.2, -0.15) is 0 Å². The van der Waals surface area contributed by atoms with Gasteiger partial charge in [0.25, 0.3) is 0 Å². The molecule has 0 bridgehead atoms. The Labute approximate surface area is 212 Å². The highest BCUT2D eigenvalue weighted by Gasteiger charge is 2.24. The average molecular weight is 487 g/mol. The highest BCUT2D eigenvalue weighted by Crippen LogP contribution is 2.34. The summed E-state index contributed by atoms with van der Waals surface area (Å²) in [5, 5.41) is 12.7. The number of nitrogens with zero attached hydrogens (tertiary/aromatic N) is 1. The van der Waals surface area contributed by atoms with Crippen LogP contribution in [0.4, 0.5) is 5.69 Å². The van der Waals surface area contributed by atoms with Gasteiger partial charge in [0, 0.05) is 24.3 Å². The number of hydrogen-bond acceptors (Lipinski definition) is 4. The third-order valence-corrected chi connectivity index (χ3v) is 6.69. The number of aryl methyl sites for hydroxylation is 1. The van der Waals surface area contributed by atoms with Crippen LogP contribution in [-0.2, 0) is 11.2 Å². The van der Waals surface area contributed by atoms with E-state index >= 15 is 0 Å². The van der Waals surface area contributed by atoms with Crippen molar-refractivity contribution in [3.8, 4) is 5.75 Å². The van der Waals surface area contributed by atoms with Crippen LogP contribution < -0.4 is 15.0 Å². The van der Waals surface area contributed by atoms with Gasteiger partial charge in [-0.05, 0) is 68.0 Å². The third kappa shape index (κ3) is 5.88. The van der Waals surface area contributed by atoms with E-state index in [-0.39, 0.29) is 29.7 Å². The summed E-state index contributed by atoms with van der Waals surface area (Å²) in [7, 11) is 0. The summed E-state index contributed by atoms with van der Waals surface area (Å²) in [5.74, 6) is -0.910. The second-order valence-corrected chi connectivity index (χ2v) is 9.21. The van der Waals surface area contributed by atoms with Crippen LogP contribution in [0.2, 0.25) is 0 Å². The molecule has 6 heteroatoms.